The normalized spacial score (nSPS) is 17.0. The van der Waals surface area contributed by atoms with E-state index < -0.39 is 11.9 Å². The molecule has 0 radical (unpaired) electrons. The molecule has 1 heterocycles. The summed E-state index contributed by atoms with van der Waals surface area (Å²) in [6.07, 6.45) is 4.08. The minimum absolute atomic E-state index is 0.121. The van der Waals surface area contributed by atoms with Crippen LogP contribution in [-0.2, 0) is 14.3 Å². The second-order valence-electron chi connectivity index (χ2n) is 5.73. The number of thioether (sulfide) groups is 1. The fraction of sp³-hybridized carbons (Fsp3) is 0.0500. The van der Waals surface area contributed by atoms with E-state index in [1.54, 1.807) is 48.5 Å². The van der Waals surface area contributed by atoms with E-state index in [2.05, 4.69) is 20.0 Å². The quantitative estimate of drug-likeness (QED) is 0.287. The van der Waals surface area contributed by atoms with E-state index >= 15 is 0 Å². The second-order valence-corrected chi connectivity index (χ2v) is 7.61. The molecule has 2 aromatic rings. The molecule has 1 amide bonds. The Hall–Kier alpha value is -2.94. The number of nitrogens with zero attached hydrogens (tertiary/aromatic N) is 4. The molecule has 1 aliphatic heterocycles. The molecule has 0 N–H and O–H groups in total. The van der Waals surface area contributed by atoms with Crippen LogP contribution in [0.5, 0.6) is 0 Å². The van der Waals surface area contributed by atoms with Gasteiger partial charge in [-0.2, -0.15) is 15.2 Å². The van der Waals surface area contributed by atoms with Crippen molar-refractivity contribution in [1.82, 2.24) is 5.01 Å². The highest BCUT2D eigenvalue weighted by molar-refractivity contribution is 8.18. The van der Waals surface area contributed by atoms with Crippen LogP contribution in [0, 0.1) is 0 Å². The van der Waals surface area contributed by atoms with Gasteiger partial charge in [-0.25, -0.2) is 4.79 Å². The highest BCUT2D eigenvalue weighted by Gasteiger charge is 2.34. The molecule has 0 bridgehead atoms. The first-order chi connectivity index (χ1) is 14.5. The van der Waals surface area contributed by atoms with Gasteiger partial charge in [-0.1, -0.05) is 47.5 Å². The number of hydrazone groups is 1. The standard InChI is InChI=1S/C20H14Cl2N4O3S/c1-29-18(27)10-17-19(28)26(24-12-14-4-8-16(22)9-5-14)20(30-17)25-23-11-13-2-6-15(21)7-3-13/h2-12H,1H3/b17-10-,23-11+,24-12+,25-20-. The number of hydrogen-bond acceptors (Lipinski definition) is 7. The minimum Gasteiger partial charge on any atom is -0.466 e. The second kappa shape index (κ2) is 10.2. The van der Waals surface area contributed by atoms with E-state index in [0.717, 1.165) is 34.0 Å². The monoisotopic (exact) mass is 460 g/mol. The summed E-state index contributed by atoms with van der Waals surface area (Å²) in [5.74, 6) is -1.17. The molecule has 152 valence electrons. The number of amides is 1. The van der Waals surface area contributed by atoms with Crippen LogP contribution in [0.2, 0.25) is 10.0 Å². The molecule has 0 saturated carbocycles. The molecule has 0 aliphatic carbocycles. The van der Waals surface area contributed by atoms with Crippen molar-refractivity contribution in [3.8, 4) is 0 Å². The third-order valence-corrected chi connectivity index (χ3v) is 5.10. The van der Waals surface area contributed by atoms with Crippen LogP contribution >= 0.6 is 35.0 Å². The summed E-state index contributed by atoms with van der Waals surface area (Å²) >= 11 is 12.7. The molecule has 30 heavy (non-hydrogen) atoms. The summed E-state index contributed by atoms with van der Waals surface area (Å²) in [5, 5.41) is 14.7. The zero-order chi connectivity index (χ0) is 21.5. The largest absolute Gasteiger partial charge is 0.466 e. The molecule has 1 aliphatic rings. The number of carbonyl (C=O) groups is 2. The molecule has 1 saturated heterocycles. The Balaban J connectivity index is 1.87. The van der Waals surface area contributed by atoms with Gasteiger partial charge in [0.05, 0.1) is 24.4 Å². The SMILES string of the molecule is COC(=O)/C=C1\S/C(=N\N=C\c2ccc(Cl)cc2)N(/N=C/c2ccc(Cl)cc2)C1=O. The van der Waals surface area contributed by atoms with Crippen LogP contribution in [0.3, 0.4) is 0 Å². The average Bonchev–Trinajstić information content (AvgIpc) is 3.03. The van der Waals surface area contributed by atoms with Crippen LogP contribution in [-0.4, -0.2) is 41.6 Å². The lowest BCUT2D eigenvalue weighted by molar-refractivity contribution is -0.135. The molecule has 0 aromatic heterocycles. The van der Waals surface area contributed by atoms with Crippen LogP contribution in [0.25, 0.3) is 0 Å². The smallest absolute Gasteiger partial charge is 0.331 e. The first-order valence-electron chi connectivity index (χ1n) is 8.44. The summed E-state index contributed by atoms with van der Waals surface area (Å²) in [4.78, 5) is 24.3. The van der Waals surface area contributed by atoms with Gasteiger partial charge in [0.2, 0.25) is 5.17 Å². The number of halogens is 2. The third-order valence-electron chi connectivity index (χ3n) is 3.65. The van der Waals surface area contributed by atoms with E-state index in [0.29, 0.717) is 10.0 Å². The summed E-state index contributed by atoms with van der Waals surface area (Å²) in [6.45, 7) is 0. The van der Waals surface area contributed by atoms with Crippen LogP contribution in [0.15, 0.2) is 74.8 Å². The number of ether oxygens (including phenoxy) is 1. The molecule has 10 heteroatoms. The zero-order valence-corrected chi connectivity index (χ0v) is 17.9. The van der Waals surface area contributed by atoms with E-state index in [-0.39, 0.29) is 10.1 Å². The Morgan fingerprint density at radius 3 is 2.13 bits per heavy atom. The van der Waals surface area contributed by atoms with Gasteiger partial charge in [0.25, 0.3) is 5.91 Å². The van der Waals surface area contributed by atoms with Crippen molar-refractivity contribution in [3.05, 3.63) is 80.7 Å². The van der Waals surface area contributed by atoms with E-state index in [4.69, 9.17) is 23.2 Å². The van der Waals surface area contributed by atoms with Crippen LogP contribution < -0.4 is 0 Å². The molecule has 0 spiro atoms. The fourth-order valence-corrected chi connectivity index (χ4v) is 3.25. The van der Waals surface area contributed by atoms with Crippen molar-refractivity contribution in [1.29, 1.82) is 0 Å². The third kappa shape index (κ3) is 5.79. The Morgan fingerprint density at radius 1 is 1.00 bits per heavy atom. The fourth-order valence-electron chi connectivity index (χ4n) is 2.17. The number of carbonyl (C=O) groups excluding carboxylic acids is 2. The van der Waals surface area contributed by atoms with Gasteiger partial charge < -0.3 is 4.74 Å². The summed E-state index contributed by atoms with van der Waals surface area (Å²) < 4.78 is 4.59. The Bertz CT molecular complexity index is 1060. The highest BCUT2D eigenvalue weighted by atomic mass is 35.5. The number of amidine groups is 1. The first-order valence-corrected chi connectivity index (χ1v) is 10.0. The maximum absolute atomic E-state index is 12.7. The van der Waals surface area contributed by atoms with Gasteiger partial charge in [0.15, 0.2) is 0 Å². The zero-order valence-electron chi connectivity index (χ0n) is 15.5. The first kappa shape index (κ1) is 21.8. The molecule has 2 aromatic carbocycles. The molecular weight excluding hydrogens is 447 g/mol. The van der Waals surface area contributed by atoms with Gasteiger partial charge in [-0.05, 0) is 47.2 Å². The average molecular weight is 461 g/mol. The maximum Gasteiger partial charge on any atom is 0.331 e. The number of rotatable bonds is 5. The lowest BCUT2D eigenvalue weighted by Crippen LogP contribution is -2.23. The van der Waals surface area contributed by atoms with Crippen molar-refractivity contribution < 1.29 is 14.3 Å². The van der Waals surface area contributed by atoms with Crippen LogP contribution in [0.1, 0.15) is 11.1 Å². The van der Waals surface area contributed by atoms with Crippen molar-refractivity contribution in [2.75, 3.05) is 7.11 Å². The number of methoxy groups -OCH3 is 1. The van der Waals surface area contributed by atoms with Crippen molar-refractivity contribution >= 4 is 64.4 Å². The lowest BCUT2D eigenvalue weighted by atomic mass is 10.2. The molecule has 3 rings (SSSR count). The summed E-state index contributed by atoms with van der Waals surface area (Å²) in [5.41, 5.74) is 1.51. The Morgan fingerprint density at radius 2 is 1.57 bits per heavy atom. The summed E-state index contributed by atoms with van der Waals surface area (Å²) in [6, 6.07) is 13.9. The topological polar surface area (TPSA) is 83.7 Å². The van der Waals surface area contributed by atoms with E-state index in [1.807, 2.05) is 0 Å². The van der Waals surface area contributed by atoms with Gasteiger partial charge in [-0.3, -0.25) is 4.79 Å². The molecule has 0 unspecified atom stereocenters. The van der Waals surface area contributed by atoms with Gasteiger partial charge in [0, 0.05) is 16.1 Å². The van der Waals surface area contributed by atoms with Gasteiger partial charge in [0.1, 0.15) is 0 Å². The predicted octanol–water partition coefficient (Wildman–Crippen LogP) is 4.35. The van der Waals surface area contributed by atoms with Gasteiger partial charge >= 0.3 is 5.97 Å². The van der Waals surface area contributed by atoms with Gasteiger partial charge in [-0.15, -0.1) is 5.10 Å². The van der Waals surface area contributed by atoms with Crippen molar-refractivity contribution in [2.45, 2.75) is 0 Å². The summed E-state index contributed by atoms with van der Waals surface area (Å²) in [7, 11) is 1.23. The Labute approximate surface area is 186 Å². The van der Waals surface area contributed by atoms with E-state index in [9.17, 15) is 9.59 Å². The molecular formula is C20H14Cl2N4O3S. The van der Waals surface area contributed by atoms with Crippen molar-refractivity contribution in [2.24, 2.45) is 15.3 Å². The lowest BCUT2D eigenvalue weighted by Gasteiger charge is -2.06. The predicted molar refractivity (Wildman–Crippen MR) is 120 cm³/mol. The van der Waals surface area contributed by atoms with Crippen molar-refractivity contribution in [3.63, 3.8) is 0 Å². The molecule has 1 fully saturated rings. The number of benzene rings is 2. The highest BCUT2D eigenvalue weighted by Crippen LogP contribution is 2.31. The molecule has 7 nitrogen and oxygen atoms in total. The number of hydrogen-bond donors (Lipinski definition) is 0. The number of esters is 1. The van der Waals surface area contributed by atoms with E-state index in [1.165, 1.54) is 19.5 Å². The Kier molecular flexibility index (Phi) is 7.40. The maximum atomic E-state index is 12.7. The van der Waals surface area contributed by atoms with Crippen LogP contribution in [0.4, 0.5) is 0 Å². The molecule has 0 atom stereocenters. The minimum atomic E-state index is -0.654.